The summed E-state index contributed by atoms with van der Waals surface area (Å²) in [5, 5.41) is 5.07. The highest BCUT2D eigenvalue weighted by Crippen LogP contribution is 2.27. The lowest BCUT2D eigenvalue weighted by molar-refractivity contribution is -0.134. The minimum Gasteiger partial charge on any atom is -0.356 e. The van der Waals surface area contributed by atoms with Crippen LogP contribution in [0, 0.1) is 12.7 Å². The van der Waals surface area contributed by atoms with E-state index in [-0.39, 0.29) is 17.8 Å². The zero-order valence-corrected chi connectivity index (χ0v) is 15.6. The number of hydrogen-bond acceptors (Lipinski definition) is 2. The summed E-state index contributed by atoms with van der Waals surface area (Å²) in [6, 6.07) is 7.20. The summed E-state index contributed by atoms with van der Waals surface area (Å²) in [4.78, 5) is 18.2. The van der Waals surface area contributed by atoms with Crippen LogP contribution in [0.3, 0.4) is 0 Å². The summed E-state index contributed by atoms with van der Waals surface area (Å²) < 4.78 is 16.0. The molecule has 6 heteroatoms. The normalized spacial score (nSPS) is 17.6. The zero-order chi connectivity index (χ0) is 18.8. The predicted molar refractivity (Wildman–Crippen MR) is 103 cm³/mol. The fourth-order valence-corrected chi connectivity index (χ4v) is 4.19. The van der Waals surface area contributed by atoms with Gasteiger partial charge in [0.2, 0.25) is 5.91 Å². The Kier molecular flexibility index (Phi) is 4.97. The third kappa shape index (κ3) is 3.61. The fraction of sp³-hybridized carbons (Fsp3) is 0.429. The van der Waals surface area contributed by atoms with Crippen LogP contribution in [0.1, 0.15) is 36.9 Å². The Morgan fingerprint density at radius 3 is 3.04 bits per heavy atom. The van der Waals surface area contributed by atoms with Gasteiger partial charge in [-0.2, -0.15) is 5.10 Å². The molecule has 0 spiro atoms. The largest absolute Gasteiger partial charge is 0.356 e. The molecule has 1 fully saturated rings. The first-order valence-corrected chi connectivity index (χ1v) is 9.66. The van der Waals surface area contributed by atoms with E-state index < -0.39 is 0 Å². The maximum absolute atomic E-state index is 14.0. The highest BCUT2D eigenvalue weighted by atomic mass is 19.1. The number of halogens is 1. The summed E-state index contributed by atoms with van der Waals surface area (Å²) in [5.74, 6) is -0.141. The van der Waals surface area contributed by atoms with Crippen molar-refractivity contribution in [1.29, 1.82) is 0 Å². The van der Waals surface area contributed by atoms with E-state index in [4.69, 9.17) is 0 Å². The number of benzene rings is 1. The van der Waals surface area contributed by atoms with Gasteiger partial charge in [-0.15, -0.1) is 0 Å². The van der Waals surface area contributed by atoms with Gasteiger partial charge in [0, 0.05) is 42.6 Å². The Balaban J connectivity index is 1.51. The summed E-state index contributed by atoms with van der Waals surface area (Å²) in [6.07, 6.45) is 8.20. The third-order valence-corrected chi connectivity index (χ3v) is 5.63. The topological polar surface area (TPSA) is 53.9 Å². The van der Waals surface area contributed by atoms with Gasteiger partial charge in [-0.1, -0.05) is 12.1 Å². The number of nitrogens with one attached hydrogen (secondary N) is 1. The Morgan fingerprint density at radius 1 is 1.33 bits per heavy atom. The van der Waals surface area contributed by atoms with Gasteiger partial charge in [0.1, 0.15) is 5.82 Å². The molecule has 4 rings (SSSR count). The first-order chi connectivity index (χ1) is 13.1. The van der Waals surface area contributed by atoms with Crippen molar-refractivity contribution in [3.8, 4) is 0 Å². The second-order valence-corrected chi connectivity index (χ2v) is 7.36. The van der Waals surface area contributed by atoms with E-state index in [0.717, 1.165) is 55.4 Å². The summed E-state index contributed by atoms with van der Waals surface area (Å²) >= 11 is 0. The number of fused-ring (bicyclic) bond motifs is 1. The summed E-state index contributed by atoms with van der Waals surface area (Å²) in [7, 11) is 0. The van der Waals surface area contributed by atoms with E-state index in [2.05, 4.69) is 10.1 Å². The van der Waals surface area contributed by atoms with Crippen molar-refractivity contribution in [2.45, 2.75) is 51.6 Å². The van der Waals surface area contributed by atoms with Crippen LogP contribution in [0.15, 0.2) is 36.7 Å². The van der Waals surface area contributed by atoms with E-state index in [1.807, 2.05) is 34.8 Å². The standard InChI is InChI=1S/C21H25FN4O/c1-15-18(17-7-4-8-19(22)21(17)24-15)14-20(27)26-12-3-2-6-16(26)9-13-25-11-5-10-23-25/h4-5,7-8,10-11,16,24H,2-3,6,9,12-14H2,1H3/t16-/m1/s1. The van der Waals surface area contributed by atoms with Crippen LogP contribution in [-0.4, -0.2) is 38.2 Å². The van der Waals surface area contributed by atoms with Crippen LogP contribution in [0.2, 0.25) is 0 Å². The number of carbonyl (C=O) groups is 1. The molecular weight excluding hydrogens is 343 g/mol. The number of rotatable bonds is 5. The van der Waals surface area contributed by atoms with Crippen molar-refractivity contribution in [3.63, 3.8) is 0 Å². The molecule has 1 N–H and O–H groups in total. The Bertz CT molecular complexity index is 931. The monoisotopic (exact) mass is 368 g/mol. The minimum absolute atomic E-state index is 0.133. The number of hydrogen-bond donors (Lipinski definition) is 1. The highest BCUT2D eigenvalue weighted by molar-refractivity contribution is 5.90. The summed E-state index contributed by atoms with van der Waals surface area (Å²) in [6.45, 7) is 3.53. The van der Waals surface area contributed by atoms with Gasteiger partial charge in [-0.25, -0.2) is 4.39 Å². The molecule has 142 valence electrons. The highest BCUT2D eigenvalue weighted by Gasteiger charge is 2.27. The number of aromatic nitrogens is 3. The minimum atomic E-state index is -0.274. The molecule has 3 aromatic rings. The van der Waals surface area contributed by atoms with Crippen LogP contribution in [0.5, 0.6) is 0 Å². The molecule has 1 aliphatic heterocycles. The van der Waals surface area contributed by atoms with Gasteiger partial charge in [-0.3, -0.25) is 9.48 Å². The third-order valence-electron chi connectivity index (χ3n) is 5.63. The van der Waals surface area contributed by atoms with E-state index in [9.17, 15) is 9.18 Å². The number of para-hydroxylation sites is 1. The molecule has 1 amide bonds. The predicted octanol–water partition coefficient (Wildman–Crippen LogP) is 3.83. The zero-order valence-electron chi connectivity index (χ0n) is 15.6. The maximum atomic E-state index is 14.0. The molecule has 27 heavy (non-hydrogen) atoms. The average molecular weight is 368 g/mol. The van der Waals surface area contributed by atoms with Crippen LogP contribution in [0.25, 0.3) is 10.9 Å². The number of nitrogens with zero attached hydrogens (tertiary/aromatic N) is 3. The first kappa shape index (κ1) is 17.8. The van der Waals surface area contributed by atoms with E-state index in [0.29, 0.717) is 11.9 Å². The van der Waals surface area contributed by atoms with E-state index >= 15 is 0 Å². The molecule has 0 radical (unpaired) electrons. The van der Waals surface area contributed by atoms with E-state index in [1.165, 1.54) is 6.07 Å². The van der Waals surface area contributed by atoms with Crippen molar-refractivity contribution in [2.75, 3.05) is 6.54 Å². The lowest BCUT2D eigenvalue weighted by Crippen LogP contribution is -2.45. The molecule has 1 aromatic carbocycles. The van der Waals surface area contributed by atoms with Gasteiger partial charge in [-0.05, 0) is 50.3 Å². The molecular formula is C21H25FN4O. The van der Waals surface area contributed by atoms with Crippen LogP contribution in [-0.2, 0) is 17.8 Å². The van der Waals surface area contributed by atoms with Gasteiger partial charge >= 0.3 is 0 Å². The van der Waals surface area contributed by atoms with Crippen molar-refractivity contribution in [1.82, 2.24) is 19.7 Å². The number of aryl methyl sites for hydroxylation is 2. The van der Waals surface area contributed by atoms with Crippen LogP contribution in [0.4, 0.5) is 4.39 Å². The molecule has 3 heterocycles. The van der Waals surface area contributed by atoms with Crippen LogP contribution < -0.4 is 0 Å². The molecule has 5 nitrogen and oxygen atoms in total. The van der Waals surface area contributed by atoms with Crippen molar-refractivity contribution in [2.24, 2.45) is 0 Å². The second kappa shape index (κ2) is 7.55. The fourth-order valence-electron chi connectivity index (χ4n) is 4.19. The Hall–Kier alpha value is -2.63. The molecule has 1 aliphatic rings. The lowest BCUT2D eigenvalue weighted by atomic mass is 9.97. The van der Waals surface area contributed by atoms with Gasteiger partial charge in [0.15, 0.2) is 0 Å². The number of aromatic amines is 1. The first-order valence-electron chi connectivity index (χ1n) is 9.66. The molecule has 0 saturated carbocycles. The molecule has 1 saturated heterocycles. The maximum Gasteiger partial charge on any atom is 0.227 e. The Morgan fingerprint density at radius 2 is 2.22 bits per heavy atom. The van der Waals surface area contributed by atoms with E-state index in [1.54, 1.807) is 12.3 Å². The van der Waals surface area contributed by atoms with Gasteiger partial charge in [0.25, 0.3) is 0 Å². The van der Waals surface area contributed by atoms with Crippen molar-refractivity contribution < 1.29 is 9.18 Å². The molecule has 2 aromatic heterocycles. The number of carbonyl (C=O) groups excluding carboxylic acids is 1. The number of piperidine rings is 1. The van der Waals surface area contributed by atoms with Crippen LogP contribution >= 0.6 is 0 Å². The van der Waals surface area contributed by atoms with Gasteiger partial charge in [0.05, 0.1) is 11.9 Å². The second-order valence-electron chi connectivity index (χ2n) is 7.36. The number of amides is 1. The molecule has 0 unspecified atom stereocenters. The summed E-state index contributed by atoms with van der Waals surface area (Å²) in [5.41, 5.74) is 2.27. The SMILES string of the molecule is Cc1[nH]c2c(F)cccc2c1CC(=O)N1CCCC[C@@H]1CCn1cccn1. The quantitative estimate of drug-likeness (QED) is 0.744. The average Bonchev–Trinajstić information content (AvgIpc) is 3.30. The smallest absolute Gasteiger partial charge is 0.227 e. The number of H-pyrrole nitrogens is 1. The molecule has 0 aliphatic carbocycles. The van der Waals surface area contributed by atoms with Crippen molar-refractivity contribution in [3.05, 3.63) is 53.7 Å². The van der Waals surface area contributed by atoms with Crippen molar-refractivity contribution >= 4 is 16.8 Å². The van der Waals surface area contributed by atoms with Gasteiger partial charge < -0.3 is 9.88 Å². The molecule has 1 atom stereocenters. The Labute approximate surface area is 158 Å². The molecule has 0 bridgehead atoms. The number of likely N-dealkylation sites (tertiary alicyclic amines) is 1. The lowest BCUT2D eigenvalue weighted by Gasteiger charge is -2.36.